The smallest absolute Gasteiger partial charge is 0.428 e. The van der Waals surface area contributed by atoms with Gasteiger partial charge in [-0.2, -0.15) is 0 Å². The van der Waals surface area contributed by atoms with E-state index in [-0.39, 0.29) is 21.7 Å². The van der Waals surface area contributed by atoms with Crippen molar-refractivity contribution in [3.05, 3.63) is 287 Å². The number of benzene rings is 12. The van der Waals surface area contributed by atoms with Crippen LogP contribution in [0, 0.1) is 27.7 Å². The fourth-order valence-corrected chi connectivity index (χ4v) is 17.9. The van der Waals surface area contributed by atoms with Crippen molar-refractivity contribution in [2.75, 3.05) is 0 Å². The summed E-state index contributed by atoms with van der Waals surface area (Å²) in [6.45, 7) is 51.2. The number of para-hydroxylation sites is 8. The summed E-state index contributed by atoms with van der Waals surface area (Å²) in [5, 5.41) is 5.84. The lowest BCUT2D eigenvalue weighted by atomic mass is 9.77. The molecule has 128 heavy (non-hydrogen) atoms. The number of aryl methyl sites for hydroxylation is 4. The molecule has 0 amide bonds. The summed E-state index contributed by atoms with van der Waals surface area (Å²) >= 11 is 0. The molecule has 0 aliphatic rings. The van der Waals surface area contributed by atoms with Crippen molar-refractivity contribution in [1.82, 2.24) is 0 Å². The highest BCUT2D eigenvalue weighted by molar-refractivity contribution is 7.32. The van der Waals surface area contributed by atoms with Gasteiger partial charge in [-0.15, -0.1) is 0 Å². The van der Waals surface area contributed by atoms with E-state index in [0.717, 1.165) is 105 Å². The van der Waals surface area contributed by atoms with Crippen LogP contribution in [-0.4, -0.2) is 35.3 Å². The predicted molar refractivity (Wildman–Crippen MR) is 517 cm³/mol. The van der Waals surface area contributed by atoms with Gasteiger partial charge >= 0.3 is 43.2 Å². The van der Waals surface area contributed by atoms with Crippen LogP contribution in [0.25, 0.3) is 99.2 Å². The highest BCUT2D eigenvalue weighted by Gasteiger charge is 2.32. The Labute approximate surface area is 752 Å². The van der Waals surface area contributed by atoms with E-state index >= 15 is 0 Å². The summed E-state index contributed by atoms with van der Waals surface area (Å²) in [6, 6.07) is 77.7. The topological polar surface area (TPSA) is 213 Å². The average Bonchev–Trinajstić information content (AvgIpc) is 1.47. The molecule has 0 aliphatic heterocycles. The van der Waals surface area contributed by atoms with E-state index in [4.69, 9.17) is 67.2 Å². The van der Waals surface area contributed by atoms with Crippen molar-refractivity contribution in [2.24, 2.45) is 0 Å². The molecule has 3 heterocycles. The molecule has 15 rings (SSSR count). The average molecular weight is 1780 g/mol. The molecule has 0 N–H and O–H groups in total. The number of carbonyl (C=O) groups is 3. The largest absolute Gasteiger partial charge is 0.514 e. The molecule has 0 spiro atoms. The Bertz CT molecular complexity index is 6580. The summed E-state index contributed by atoms with van der Waals surface area (Å²) in [5.74, 6) is 2.67. The lowest BCUT2D eigenvalue weighted by molar-refractivity contribution is 0.0194. The van der Waals surface area contributed by atoms with Crippen molar-refractivity contribution in [2.45, 2.75) is 212 Å². The minimum atomic E-state index is -2.03. The van der Waals surface area contributed by atoms with Crippen LogP contribution in [0.15, 0.2) is 268 Å². The first-order chi connectivity index (χ1) is 60.2. The molecule has 0 saturated carbocycles. The predicted octanol–water partition coefficient (Wildman–Crippen LogP) is 33.8. The van der Waals surface area contributed by atoms with E-state index in [2.05, 4.69) is 145 Å². The number of fused-ring (bicyclic) bond motifs is 9. The maximum atomic E-state index is 12.8. The minimum Gasteiger partial charge on any atom is -0.428 e. The number of hydrogen-bond acceptors (Lipinski definition) is 18. The van der Waals surface area contributed by atoms with Crippen molar-refractivity contribution in [3.63, 3.8) is 0 Å². The Morgan fingerprint density at radius 2 is 0.492 bits per heavy atom. The molecule has 0 unspecified atom stereocenters. The Kier molecular flexibility index (Phi) is 27.3. The maximum Gasteiger partial charge on any atom is 0.514 e. The lowest BCUT2D eigenvalue weighted by Gasteiger charge is -2.27. The Hall–Kier alpha value is -12.5. The van der Waals surface area contributed by atoms with Crippen LogP contribution in [-0.2, 0) is 35.9 Å². The van der Waals surface area contributed by atoms with Crippen LogP contribution in [0.5, 0.6) is 34.5 Å². The molecular formula is C107H115O18P3. The van der Waals surface area contributed by atoms with Gasteiger partial charge in [0.05, 0.1) is 0 Å². The molecule has 0 bridgehead atoms. The fraction of sp³-hybridized carbons (Fsp3) is 0.299. The summed E-state index contributed by atoms with van der Waals surface area (Å²) in [4.78, 5) is 37.6. The van der Waals surface area contributed by atoms with Gasteiger partial charge in [-0.25, -0.2) is 14.4 Å². The molecular weight excluding hydrogens is 1670 g/mol. The number of rotatable bonds is 12. The van der Waals surface area contributed by atoms with Gasteiger partial charge < -0.3 is 67.2 Å². The molecule has 21 heteroatoms. The van der Waals surface area contributed by atoms with Crippen LogP contribution in [0.3, 0.4) is 0 Å². The van der Waals surface area contributed by atoms with Gasteiger partial charge in [-0.1, -0.05) is 253 Å². The first kappa shape index (κ1) is 93.2. The molecule has 0 radical (unpaired) electrons. The maximum absolute atomic E-state index is 12.8. The summed E-state index contributed by atoms with van der Waals surface area (Å²) in [7, 11) is -5.75. The van der Waals surface area contributed by atoms with Crippen molar-refractivity contribution < 1.29 is 81.6 Å². The van der Waals surface area contributed by atoms with Crippen LogP contribution >= 0.6 is 24.7 Å². The molecule has 666 valence electrons. The van der Waals surface area contributed by atoms with Gasteiger partial charge in [0.15, 0.2) is 0 Å². The van der Waals surface area contributed by atoms with Gasteiger partial charge in [0.1, 0.15) is 84.8 Å². The monoisotopic (exact) mass is 1780 g/mol. The van der Waals surface area contributed by atoms with E-state index < -0.39 is 60.0 Å². The quantitative estimate of drug-likeness (QED) is 0.0632. The van der Waals surface area contributed by atoms with Crippen LogP contribution in [0.4, 0.5) is 14.4 Å². The zero-order valence-electron chi connectivity index (χ0n) is 77.8. The fourth-order valence-electron chi connectivity index (χ4n) is 14.5. The van der Waals surface area contributed by atoms with Gasteiger partial charge in [0, 0.05) is 76.8 Å². The third-order valence-corrected chi connectivity index (χ3v) is 23.5. The Balaban J connectivity index is 0.000000167. The SMILES string of the molecule is CC(C)(C)OC(=O)Oc1ccccc1-c1ccccc1Op1oc2c(C(C)(C)C)cc(C(C)(C)C)cc2c2cc(C(C)(C)C)cc(C(C)(C)C)c2o1.CC(C)(C)OC(=O)Oc1ccccc1-c1ccccc1Op1oc2ccccc2c2ccccc2o1.Cc1cc(C)c2op(Oc3ccccc3-c3ccccc3OC(=O)OC(C)(C)C)oc3c(C)cc(C)cc3c2c1. The van der Waals surface area contributed by atoms with E-state index in [1.54, 1.807) is 92.6 Å². The normalized spacial score (nSPS) is 12.0. The molecule has 0 aliphatic carbocycles. The highest BCUT2D eigenvalue weighted by atomic mass is 31.1. The lowest BCUT2D eigenvalue weighted by Crippen LogP contribution is -2.26. The van der Waals surface area contributed by atoms with E-state index in [1.807, 2.05) is 178 Å². The molecule has 12 aromatic carbocycles. The van der Waals surface area contributed by atoms with Gasteiger partial charge in [-0.3, -0.25) is 0 Å². The van der Waals surface area contributed by atoms with Crippen molar-refractivity contribution in [1.29, 1.82) is 0 Å². The van der Waals surface area contributed by atoms with Gasteiger partial charge in [-0.05, 0) is 218 Å². The highest BCUT2D eigenvalue weighted by Crippen LogP contribution is 2.51. The number of hydrogen-bond donors (Lipinski definition) is 0. The molecule has 3 aromatic heterocycles. The zero-order valence-corrected chi connectivity index (χ0v) is 80.5. The molecule has 0 fully saturated rings. The third kappa shape index (κ3) is 22.9. The number of carbonyl (C=O) groups excluding carboxylic acids is 3. The second kappa shape index (κ2) is 37.5. The second-order valence-corrected chi connectivity index (χ2v) is 41.9. The first-order valence-electron chi connectivity index (χ1n) is 42.8. The minimum absolute atomic E-state index is 0.105. The van der Waals surface area contributed by atoms with Crippen LogP contribution < -0.4 is 27.8 Å². The van der Waals surface area contributed by atoms with Crippen LogP contribution in [0.2, 0.25) is 0 Å². The van der Waals surface area contributed by atoms with E-state index in [1.165, 1.54) is 11.1 Å². The van der Waals surface area contributed by atoms with Gasteiger partial charge in [0.2, 0.25) is 0 Å². The molecule has 18 nitrogen and oxygen atoms in total. The molecule has 0 atom stereocenters. The number of ether oxygens (including phenoxy) is 6. The molecule has 0 saturated heterocycles. The van der Waals surface area contributed by atoms with E-state index in [9.17, 15) is 14.4 Å². The van der Waals surface area contributed by atoms with Crippen molar-refractivity contribution >= 4 is 109 Å². The zero-order chi connectivity index (χ0) is 92.3. The summed E-state index contributed by atoms with van der Waals surface area (Å²) in [5.41, 5.74) is 14.7. The summed E-state index contributed by atoms with van der Waals surface area (Å²) < 4.78 is 92.2. The van der Waals surface area contributed by atoms with Gasteiger partial charge in [0.25, 0.3) is 0 Å². The molecule has 15 aromatic rings. The second-order valence-electron chi connectivity index (χ2n) is 38.9. The first-order valence-corrected chi connectivity index (χ1v) is 46.1. The van der Waals surface area contributed by atoms with Crippen LogP contribution in [0.1, 0.15) is 190 Å². The van der Waals surface area contributed by atoms with Crippen molar-refractivity contribution in [3.8, 4) is 67.9 Å². The third-order valence-electron chi connectivity index (χ3n) is 20.5. The summed E-state index contributed by atoms with van der Waals surface area (Å²) in [6.07, 6.45) is -2.33. The Morgan fingerprint density at radius 1 is 0.250 bits per heavy atom. The standard InChI is InChI=1S/C45H57O6P.C33H33O6P.C29H25O6P/c1-41(2,3)28-24-32-33-25-29(42(4,5)6)27-35(44(10,11)12)39(33)51-52(50-38(32)34(26-28)43(7,8)9)49-37-23-19-17-21-31(37)30-20-16-18-22-36(30)47-40(46)48-45(13,14)15;1-20-16-22(3)30-26(18-20)27-19-21(2)17-23(4)31(27)39-40(38-30)37-29-15-11-9-13-25(29)24-12-8-10-14-28(24)35-32(34)36-33(5,6)7;1-29(2,3)32-28(30)31-24-16-8-4-12-20(24)21-13-5-9-17-25(21)33-36-34-26-18-10-6-14-22(26)23-15-7-11-19-27(23)35-36/h16-27H,1-15H3;8-19H,1-7H3;4-19H,1-3H3. The Morgan fingerprint density at radius 3 is 0.773 bits per heavy atom. The van der Waals surface area contributed by atoms with E-state index in [0.29, 0.717) is 62.4 Å².